The molecule has 0 radical (unpaired) electrons. The zero-order valence-corrected chi connectivity index (χ0v) is 23.3. The lowest BCUT2D eigenvalue weighted by Crippen LogP contribution is -2.36. The van der Waals surface area contributed by atoms with Crippen LogP contribution in [0.1, 0.15) is 51.5 Å². The molecule has 1 aliphatic heterocycles. The van der Waals surface area contributed by atoms with Gasteiger partial charge in [-0.05, 0) is 69.4 Å². The van der Waals surface area contributed by atoms with E-state index in [-0.39, 0.29) is 30.4 Å². The van der Waals surface area contributed by atoms with Crippen molar-refractivity contribution in [3.8, 4) is 17.2 Å². The number of rotatable bonds is 10. The van der Waals surface area contributed by atoms with E-state index in [2.05, 4.69) is 13.2 Å². The van der Waals surface area contributed by atoms with Gasteiger partial charge in [-0.1, -0.05) is 24.8 Å². The topological polar surface area (TPSA) is 77.5 Å². The quantitative estimate of drug-likeness (QED) is 0.209. The number of nitrogens with zero attached hydrogens (tertiary/aromatic N) is 2. The minimum absolute atomic E-state index is 0.00325. The lowest BCUT2D eigenvalue weighted by atomic mass is 10.1. The third-order valence-electron chi connectivity index (χ3n) is 6.51. The fraction of sp³-hybridized carbons (Fsp3) is 0.419. The lowest BCUT2D eigenvalue weighted by molar-refractivity contribution is -0.117. The predicted octanol–water partition coefficient (Wildman–Crippen LogP) is 6.07. The highest BCUT2D eigenvalue weighted by Gasteiger charge is 2.31. The van der Waals surface area contributed by atoms with Crippen molar-refractivity contribution >= 4 is 17.7 Å². The average Bonchev–Trinajstić information content (AvgIpc) is 3.64. The Labute approximate surface area is 230 Å². The average molecular weight is 535 g/mol. The summed E-state index contributed by atoms with van der Waals surface area (Å²) in [5.41, 5.74) is 1.32. The maximum Gasteiger partial charge on any atom is 0.410 e. The van der Waals surface area contributed by atoms with Crippen LogP contribution in [0.25, 0.3) is 0 Å². The molecule has 8 heteroatoms. The number of amides is 2. The number of anilines is 1. The third kappa shape index (κ3) is 7.34. The van der Waals surface area contributed by atoms with E-state index in [4.69, 9.17) is 18.9 Å². The van der Waals surface area contributed by atoms with Gasteiger partial charge < -0.3 is 28.7 Å². The maximum absolute atomic E-state index is 13.3. The molecule has 2 fully saturated rings. The number of hydrogen-bond acceptors (Lipinski definition) is 6. The maximum atomic E-state index is 13.3. The van der Waals surface area contributed by atoms with Crippen molar-refractivity contribution in [2.75, 3.05) is 31.6 Å². The van der Waals surface area contributed by atoms with Crippen LogP contribution in [0, 0.1) is 0 Å². The lowest BCUT2D eigenvalue weighted by Gasteiger charge is -2.25. The van der Waals surface area contributed by atoms with Gasteiger partial charge in [-0.15, -0.1) is 6.58 Å². The summed E-state index contributed by atoms with van der Waals surface area (Å²) in [6, 6.07) is 13.1. The van der Waals surface area contributed by atoms with Gasteiger partial charge in [0.15, 0.2) is 17.3 Å². The van der Waals surface area contributed by atoms with Gasteiger partial charge in [0.2, 0.25) is 0 Å². The minimum Gasteiger partial charge on any atom is -0.493 e. The first kappa shape index (κ1) is 28.1. The Morgan fingerprint density at radius 1 is 1.08 bits per heavy atom. The fourth-order valence-corrected chi connectivity index (χ4v) is 4.41. The Morgan fingerprint density at radius 2 is 1.79 bits per heavy atom. The number of benzene rings is 2. The first-order chi connectivity index (χ1) is 18.6. The van der Waals surface area contributed by atoms with Crippen LogP contribution in [0.2, 0.25) is 0 Å². The van der Waals surface area contributed by atoms with Crippen LogP contribution in [-0.4, -0.2) is 55.3 Å². The second-order valence-electron chi connectivity index (χ2n) is 10.9. The van der Waals surface area contributed by atoms with Crippen molar-refractivity contribution < 1.29 is 28.5 Å². The van der Waals surface area contributed by atoms with Gasteiger partial charge >= 0.3 is 6.09 Å². The molecule has 1 aliphatic carbocycles. The Morgan fingerprint density at radius 3 is 2.41 bits per heavy atom. The Balaban J connectivity index is 1.41. The summed E-state index contributed by atoms with van der Waals surface area (Å²) >= 11 is 0. The minimum atomic E-state index is -0.555. The van der Waals surface area contributed by atoms with Gasteiger partial charge in [0.1, 0.15) is 17.5 Å². The SMILES string of the molecule is C=CCN(C(=O)C(=C)Oc1ccc(C2CC2)cc1)c1ccc(O[C@@H]2CCN(C(=O)OC(C)(C)C)C2)c(OC)c1. The molecule has 0 unspecified atom stereocenters. The molecule has 0 N–H and O–H groups in total. The van der Waals surface area contributed by atoms with Crippen LogP contribution in [-0.2, 0) is 9.53 Å². The van der Waals surface area contributed by atoms with E-state index in [1.54, 1.807) is 36.3 Å². The Hall–Kier alpha value is -3.94. The van der Waals surface area contributed by atoms with E-state index in [1.807, 2.05) is 45.0 Å². The van der Waals surface area contributed by atoms with Gasteiger partial charge in [-0.2, -0.15) is 0 Å². The first-order valence-electron chi connectivity index (χ1n) is 13.3. The van der Waals surface area contributed by atoms with Crippen LogP contribution in [0.15, 0.2) is 67.5 Å². The van der Waals surface area contributed by atoms with Crippen LogP contribution < -0.4 is 19.1 Å². The molecular formula is C31H38N2O6. The summed E-state index contributed by atoms with van der Waals surface area (Å²) in [6.45, 7) is 14.4. The Kier molecular flexibility index (Phi) is 8.53. The molecule has 8 nitrogen and oxygen atoms in total. The van der Waals surface area contributed by atoms with Crippen molar-refractivity contribution in [2.24, 2.45) is 0 Å². The number of methoxy groups -OCH3 is 1. The first-order valence-corrected chi connectivity index (χ1v) is 13.3. The number of likely N-dealkylation sites (tertiary alicyclic amines) is 1. The van der Waals surface area contributed by atoms with Crippen molar-refractivity contribution in [3.63, 3.8) is 0 Å². The molecule has 1 saturated carbocycles. The van der Waals surface area contributed by atoms with Crippen LogP contribution in [0.4, 0.5) is 10.5 Å². The summed E-state index contributed by atoms with van der Waals surface area (Å²) in [5, 5.41) is 0. The monoisotopic (exact) mass is 534 g/mol. The highest BCUT2D eigenvalue weighted by molar-refractivity contribution is 6.04. The van der Waals surface area contributed by atoms with Gasteiger partial charge in [0.25, 0.3) is 5.91 Å². The van der Waals surface area contributed by atoms with Gasteiger partial charge in [0, 0.05) is 31.3 Å². The molecule has 208 valence electrons. The largest absolute Gasteiger partial charge is 0.493 e. The molecule has 2 amide bonds. The van der Waals surface area contributed by atoms with E-state index in [1.165, 1.54) is 23.3 Å². The van der Waals surface area contributed by atoms with Gasteiger partial charge in [-0.25, -0.2) is 4.79 Å². The van der Waals surface area contributed by atoms with Crippen molar-refractivity contribution in [1.82, 2.24) is 4.90 Å². The van der Waals surface area contributed by atoms with E-state index >= 15 is 0 Å². The second kappa shape index (κ2) is 11.8. The van der Waals surface area contributed by atoms with E-state index in [0.29, 0.717) is 48.4 Å². The van der Waals surface area contributed by atoms with Crippen molar-refractivity contribution in [2.45, 2.75) is 57.7 Å². The number of hydrogen-bond donors (Lipinski definition) is 0. The number of carbonyl (C=O) groups is 2. The van der Waals surface area contributed by atoms with E-state index in [0.717, 1.165) is 0 Å². The molecule has 2 aromatic carbocycles. The molecule has 0 aromatic heterocycles. The van der Waals surface area contributed by atoms with E-state index in [9.17, 15) is 9.59 Å². The molecule has 1 heterocycles. The van der Waals surface area contributed by atoms with E-state index < -0.39 is 5.60 Å². The number of ether oxygens (including phenoxy) is 4. The number of carbonyl (C=O) groups excluding carboxylic acids is 2. The molecule has 2 aromatic rings. The second-order valence-corrected chi connectivity index (χ2v) is 10.9. The van der Waals surface area contributed by atoms with Crippen molar-refractivity contribution in [1.29, 1.82) is 0 Å². The summed E-state index contributed by atoms with van der Waals surface area (Å²) in [7, 11) is 1.54. The molecule has 1 atom stereocenters. The molecule has 39 heavy (non-hydrogen) atoms. The summed E-state index contributed by atoms with van der Waals surface area (Å²) in [4.78, 5) is 28.9. The smallest absolute Gasteiger partial charge is 0.410 e. The normalized spacial score (nSPS) is 16.8. The highest BCUT2D eigenvalue weighted by Crippen LogP contribution is 2.40. The zero-order valence-electron chi connectivity index (χ0n) is 23.3. The Bertz CT molecular complexity index is 1210. The molecule has 0 spiro atoms. The zero-order chi connectivity index (χ0) is 28.2. The van der Waals surface area contributed by atoms with Crippen LogP contribution in [0.3, 0.4) is 0 Å². The van der Waals surface area contributed by atoms with Crippen LogP contribution in [0.5, 0.6) is 17.2 Å². The fourth-order valence-electron chi connectivity index (χ4n) is 4.41. The van der Waals surface area contributed by atoms with Gasteiger partial charge in [-0.3, -0.25) is 4.79 Å². The molecule has 0 bridgehead atoms. The van der Waals surface area contributed by atoms with Crippen LogP contribution >= 0.6 is 0 Å². The molecule has 2 aliphatic rings. The molecule has 1 saturated heterocycles. The van der Waals surface area contributed by atoms with Crippen molar-refractivity contribution in [3.05, 3.63) is 73.0 Å². The summed E-state index contributed by atoms with van der Waals surface area (Å²) in [5.74, 6) is 1.81. The summed E-state index contributed by atoms with van der Waals surface area (Å²) in [6.07, 6.45) is 4.19. The standard InChI is InChI=1S/C31H38N2O6/c1-7-17-33(29(34)21(2)37-25-13-10-23(11-14-25)22-8-9-22)24-12-15-27(28(19-24)36-6)38-26-16-18-32(20-26)30(35)39-31(3,4)5/h7,10-15,19,22,26H,1-2,8-9,16-18,20H2,3-6H3/t26-/m1/s1. The third-order valence-corrected chi connectivity index (χ3v) is 6.51. The van der Waals surface area contributed by atoms with Gasteiger partial charge in [0.05, 0.1) is 13.7 Å². The predicted molar refractivity (Wildman–Crippen MR) is 151 cm³/mol. The molecular weight excluding hydrogens is 496 g/mol. The summed E-state index contributed by atoms with van der Waals surface area (Å²) < 4.78 is 23.0. The molecule has 4 rings (SSSR count). The highest BCUT2D eigenvalue weighted by atomic mass is 16.6.